The zero-order chi connectivity index (χ0) is 17.2. The lowest BCUT2D eigenvalue weighted by Gasteiger charge is -2.30. The molecule has 0 amide bonds. The van der Waals surface area contributed by atoms with Gasteiger partial charge in [-0.25, -0.2) is 8.42 Å². The van der Waals surface area contributed by atoms with Crippen molar-refractivity contribution in [2.75, 3.05) is 20.2 Å². The van der Waals surface area contributed by atoms with E-state index in [-0.39, 0.29) is 6.10 Å². The molecular weight excluding hydrogens is 298 g/mol. The number of ether oxygens (including phenoxy) is 1. The van der Waals surface area contributed by atoms with E-state index in [1.54, 1.807) is 23.5 Å². The number of benzene rings is 1. The normalized spacial score (nSPS) is 16.1. The fourth-order valence-electron chi connectivity index (χ4n) is 2.29. The number of hydrogen-bond donors (Lipinski definition) is 0. The molecule has 22 heavy (non-hydrogen) atoms. The number of methoxy groups -OCH3 is 1. The van der Waals surface area contributed by atoms with Crippen LogP contribution in [0.1, 0.15) is 46.1 Å². The molecule has 4 nitrogen and oxygen atoms in total. The predicted octanol–water partition coefficient (Wildman–Crippen LogP) is 3.85. The zero-order valence-electron chi connectivity index (χ0n) is 14.8. The molecule has 0 unspecified atom stereocenters. The van der Waals surface area contributed by atoms with Crippen LogP contribution in [-0.4, -0.2) is 39.0 Å². The van der Waals surface area contributed by atoms with Crippen molar-refractivity contribution < 1.29 is 13.2 Å². The summed E-state index contributed by atoms with van der Waals surface area (Å²) in [5.74, 6) is 0. The van der Waals surface area contributed by atoms with Crippen LogP contribution in [0.5, 0.6) is 0 Å². The number of rotatable bonds is 3. The third-order valence-electron chi connectivity index (χ3n) is 3.45. The van der Waals surface area contributed by atoms with E-state index in [1.165, 1.54) is 0 Å². The van der Waals surface area contributed by atoms with Gasteiger partial charge in [0, 0.05) is 20.2 Å². The second kappa shape index (κ2) is 10.8. The van der Waals surface area contributed by atoms with Gasteiger partial charge in [-0.1, -0.05) is 45.9 Å². The summed E-state index contributed by atoms with van der Waals surface area (Å²) in [5, 5.41) is 0. The Morgan fingerprint density at radius 3 is 2.00 bits per heavy atom. The molecule has 0 radical (unpaired) electrons. The quantitative estimate of drug-likeness (QED) is 0.846. The number of nitrogens with zero attached hydrogens (tertiary/aromatic N) is 1. The van der Waals surface area contributed by atoms with E-state index in [1.807, 2.05) is 46.8 Å². The highest BCUT2D eigenvalue weighted by Crippen LogP contribution is 2.23. The van der Waals surface area contributed by atoms with Crippen LogP contribution in [0.2, 0.25) is 0 Å². The first-order valence-corrected chi connectivity index (χ1v) is 9.58. The number of aryl methyl sites for hydroxylation is 1. The Hall–Kier alpha value is -0.910. The lowest BCUT2D eigenvalue weighted by molar-refractivity contribution is 0.0604. The van der Waals surface area contributed by atoms with Gasteiger partial charge in [-0.05, 0) is 31.4 Å². The average Bonchev–Trinajstić information content (AvgIpc) is 2.59. The first-order valence-electron chi connectivity index (χ1n) is 8.14. The highest BCUT2D eigenvalue weighted by Gasteiger charge is 2.29. The molecular formula is C17H31NO3S. The molecule has 1 aliphatic heterocycles. The number of sulfonamides is 1. The summed E-state index contributed by atoms with van der Waals surface area (Å²) in [5.41, 5.74) is 0.798. The van der Waals surface area contributed by atoms with Crippen LogP contribution < -0.4 is 0 Å². The van der Waals surface area contributed by atoms with Gasteiger partial charge in [0.05, 0.1) is 11.0 Å². The highest BCUT2D eigenvalue weighted by atomic mass is 32.2. The molecule has 0 N–H and O–H groups in total. The second-order valence-electron chi connectivity index (χ2n) is 4.60. The van der Waals surface area contributed by atoms with Crippen molar-refractivity contribution in [2.45, 2.75) is 58.5 Å². The molecule has 1 fully saturated rings. The molecule has 0 spiro atoms. The average molecular weight is 330 g/mol. The maximum atomic E-state index is 12.5. The van der Waals surface area contributed by atoms with Gasteiger partial charge in [-0.15, -0.1) is 0 Å². The summed E-state index contributed by atoms with van der Waals surface area (Å²) < 4.78 is 31.8. The van der Waals surface area contributed by atoms with Crippen LogP contribution in [0, 0.1) is 6.92 Å². The van der Waals surface area contributed by atoms with E-state index in [9.17, 15) is 8.42 Å². The lowest BCUT2D eigenvalue weighted by Crippen LogP contribution is -2.40. The van der Waals surface area contributed by atoms with Gasteiger partial charge in [0.1, 0.15) is 0 Å². The largest absolute Gasteiger partial charge is 0.381 e. The van der Waals surface area contributed by atoms with Crippen molar-refractivity contribution in [2.24, 2.45) is 0 Å². The maximum Gasteiger partial charge on any atom is 0.243 e. The van der Waals surface area contributed by atoms with Crippen molar-refractivity contribution in [3.05, 3.63) is 29.8 Å². The molecule has 1 aromatic rings. The van der Waals surface area contributed by atoms with Gasteiger partial charge in [-0.2, -0.15) is 4.31 Å². The number of hydrogen-bond acceptors (Lipinski definition) is 3. The monoisotopic (exact) mass is 329 g/mol. The van der Waals surface area contributed by atoms with Gasteiger partial charge >= 0.3 is 0 Å². The van der Waals surface area contributed by atoms with Crippen molar-refractivity contribution >= 4 is 10.0 Å². The minimum atomic E-state index is -3.35. The standard InChI is InChI=1S/C13H19NO3S.2C2H6/c1-11-5-3-4-6-13(11)18(15,16)14-9-7-12(17-2)8-10-14;2*1-2/h3-6,12H,7-10H2,1-2H3;2*1-2H3. The van der Waals surface area contributed by atoms with Crippen LogP contribution in [-0.2, 0) is 14.8 Å². The molecule has 2 rings (SSSR count). The molecule has 0 atom stereocenters. The fraction of sp³-hybridized carbons (Fsp3) is 0.647. The van der Waals surface area contributed by atoms with Gasteiger partial charge in [0.2, 0.25) is 10.0 Å². The molecule has 0 saturated carbocycles. The lowest BCUT2D eigenvalue weighted by atomic mass is 10.1. The van der Waals surface area contributed by atoms with E-state index in [0.717, 1.165) is 18.4 Å². The van der Waals surface area contributed by atoms with Crippen molar-refractivity contribution in [1.82, 2.24) is 4.31 Å². The van der Waals surface area contributed by atoms with Crippen LogP contribution >= 0.6 is 0 Å². The second-order valence-corrected chi connectivity index (χ2v) is 6.51. The van der Waals surface area contributed by atoms with Gasteiger partial charge < -0.3 is 4.74 Å². The topological polar surface area (TPSA) is 46.6 Å². The van der Waals surface area contributed by atoms with Crippen LogP contribution in [0.3, 0.4) is 0 Å². The third kappa shape index (κ3) is 5.38. The minimum absolute atomic E-state index is 0.188. The Kier molecular flexibility index (Phi) is 10.3. The first-order chi connectivity index (χ1) is 10.6. The SMILES string of the molecule is CC.CC.COC1CCN(S(=O)(=O)c2ccccc2C)CC1. The van der Waals surface area contributed by atoms with E-state index >= 15 is 0 Å². The highest BCUT2D eigenvalue weighted by molar-refractivity contribution is 7.89. The van der Waals surface area contributed by atoms with Crippen LogP contribution in [0.4, 0.5) is 0 Å². The summed E-state index contributed by atoms with van der Waals surface area (Å²) in [6.45, 7) is 10.9. The van der Waals surface area contributed by atoms with E-state index in [4.69, 9.17) is 4.74 Å². The number of piperidine rings is 1. The van der Waals surface area contributed by atoms with Crippen molar-refractivity contribution in [1.29, 1.82) is 0 Å². The Labute approximate surface area is 136 Å². The minimum Gasteiger partial charge on any atom is -0.381 e. The van der Waals surface area contributed by atoms with Gasteiger partial charge in [0.15, 0.2) is 0 Å². The van der Waals surface area contributed by atoms with Crippen LogP contribution in [0.25, 0.3) is 0 Å². The molecule has 0 aromatic heterocycles. The maximum absolute atomic E-state index is 12.5. The van der Waals surface area contributed by atoms with Crippen LogP contribution in [0.15, 0.2) is 29.2 Å². The Bertz CT molecular complexity index is 506. The van der Waals surface area contributed by atoms with E-state index in [0.29, 0.717) is 18.0 Å². The molecule has 1 saturated heterocycles. The summed E-state index contributed by atoms with van der Waals surface area (Å²) >= 11 is 0. The Morgan fingerprint density at radius 2 is 1.55 bits per heavy atom. The van der Waals surface area contributed by atoms with E-state index in [2.05, 4.69) is 0 Å². The van der Waals surface area contributed by atoms with Gasteiger partial charge in [0.25, 0.3) is 0 Å². The summed E-state index contributed by atoms with van der Waals surface area (Å²) in [4.78, 5) is 0.417. The smallest absolute Gasteiger partial charge is 0.243 e. The summed E-state index contributed by atoms with van der Waals surface area (Å²) in [7, 11) is -1.67. The van der Waals surface area contributed by atoms with Crippen molar-refractivity contribution in [3.63, 3.8) is 0 Å². The summed E-state index contributed by atoms with van der Waals surface area (Å²) in [6, 6.07) is 7.12. The first kappa shape index (κ1) is 21.1. The molecule has 0 bridgehead atoms. The van der Waals surface area contributed by atoms with E-state index < -0.39 is 10.0 Å². The molecule has 1 heterocycles. The summed E-state index contributed by atoms with van der Waals surface area (Å²) in [6.07, 6.45) is 1.72. The third-order valence-corrected chi connectivity index (χ3v) is 5.50. The zero-order valence-corrected chi connectivity index (χ0v) is 15.6. The molecule has 1 aromatic carbocycles. The van der Waals surface area contributed by atoms with Crippen molar-refractivity contribution in [3.8, 4) is 0 Å². The Balaban J connectivity index is 0.00000102. The Morgan fingerprint density at radius 1 is 1.05 bits per heavy atom. The molecule has 1 aliphatic rings. The molecule has 128 valence electrons. The molecule has 0 aliphatic carbocycles. The predicted molar refractivity (Wildman–Crippen MR) is 92.7 cm³/mol. The van der Waals surface area contributed by atoms with Gasteiger partial charge in [-0.3, -0.25) is 0 Å². The molecule has 5 heteroatoms. The fourth-order valence-corrected chi connectivity index (χ4v) is 3.99.